The highest BCUT2D eigenvalue weighted by atomic mass is 127. The molecule has 0 radical (unpaired) electrons. The lowest BCUT2D eigenvalue weighted by Crippen LogP contribution is -1.99. The molecule has 0 unspecified atom stereocenters. The van der Waals surface area contributed by atoms with Crippen LogP contribution in [-0.2, 0) is 10.1 Å². The molecule has 0 fully saturated rings. The predicted molar refractivity (Wildman–Crippen MR) is 52.3 cm³/mol. The molecule has 0 aliphatic heterocycles. The van der Waals surface area contributed by atoms with E-state index in [1.165, 1.54) is 6.07 Å². The molecule has 5 nitrogen and oxygen atoms in total. The van der Waals surface area contributed by atoms with Crippen LogP contribution in [0.25, 0.3) is 0 Å². The molecule has 72 valence electrons. The number of benzene rings is 1. The number of phenolic OH excluding ortho intramolecular Hbond substituents is 2. The Hall–Kier alpha value is -0.540. The summed E-state index contributed by atoms with van der Waals surface area (Å²) in [5.41, 5.74) is 0. The van der Waals surface area contributed by atoms with E-state index in [9.17, 15) is 13.5 Å². The molecule has 3 N–H and O–H groups in total. The van der Waals surface area contributed by atoms with Gasteiger partial charge in [-0.1, -0.05) is 0 Å². The number of halogens is 1. The fraction of sp³-hybridized carbons (Fsp3) is 0. The molecule has 0 saturated heterocycles. The van der Waals surface area contributed by atoms with Crippen LogP contribution in [0.1, 0.15) is 0 Å². The summed E-state index contributed by atoms with van der Waals surface area (Å²) in [5.74, 6) is -1.33. The molecule has 0 amide bonds. The van der Waals surface area contributed by atoms with Gasteiger partial charge in [-0.15, -0.1) is 0 Å². The third-order valence-electron chi connectivity index (χ3n) is 1.32. The molecule has 0 aromatic heterocycles. The number of phenols is 2. The van der Waals surface area contributed by atoms with Crippen LogP contribution in [0.15, 0.2) is 17.0 Å². The number of hydrogen-bond acceptors (Lipinski definition) is 4. The first-order valence-electron chi connectivity index (χ1n) is 3.02. The van der Waals surface area contributed by atoms with Crippen LogP contribution < -0.4 is 0 Å². The van der Waals surface area contributed by atoms with E-state index in [0.29, 0.717) is 0 Å². The monoisotopic (exact) mass is 316 g/mol. The molecule has 0 atom stereocenters. The maximum atomic E-state index is 10.7. The zero-order valence-corrected chi connectivity index (χ0v) is 9.07. The molecule has 0 aliphatic rings. The highest BCUT2D eigenvalue weighted by molar-refractivity contribution is 14.1. The van der Waals surface area contributed by atoms with Crippen molar-refractivity contribution in [1.29, 1.82) is 0 Å². The number of aromatic hydroxyl groups is 2. The first-order valence-corrected chi connectivity index (χ1v) is 5.54. The molecule has 0 aliphatic carbocycles. The number of hydrogen-bond donors (Lipinski definition) is 3. The summed E-state index contributed by atoms with van der Waals surface area (Å²) < 4.78 is 30.2. The van der Waals surface area contributed by atoms with Crippen molar-refractivity contribution >= 4 is 32.7 Å². The quantitative estimate of drug-likeness (QED) is 0.530. The van der Waals surface area contributed by atoms with E-state index in [-0.39, 0.29) is 3.57 Å². The third kappa shape index (κ3) is 2.03. The Bertz CT molecular complexity index is 439. The summed E-state index contributed by atoms with van der Waals surface area (Å²) in [7, 11) is -4.59. The van der Waals surface area contributed by atoms with Gasteiger partial charge in [0, 0.05) is 0 Å². The van der Waals surface area contributed by atoms with Gasteiger partial charge in [0.2, 0.25) is 0 Å². The summed E-state index contributed by atoms with van der Waals surface area (Å²) >= 11 is 1.67. The second kappa shape index (κ2) is 3.31. The van der Waals surface area contributed by atoms with E-state index in [1.807, 2.05) is 0 Å². The standard InChI is InChI=1S/C6H5IO5S/c7-3-1-2-4(8)6(5(3)9)13(10,11)12/h1-2,8-9H,(H,10,11,12). The van der Waals surface area contributed by atoms with Crippen LogP contribution in [0.4, 0.5) is 0 Å². The van der Waals surface area contributed by atoms with Gasteiger partial charge in [0.25, 0.3) is 0 Å². The fourth-order valence-electron chi connectivity index (χ4n) is 0.791. The minimum Gasteiger partial charge on any atom is -0.506 e. The molecule has 13 heavy (non-hydrogen) atoms. The molecule has 0 heterocycles. The zero-order chi connectivity index (χ0) is 10.2. The highest BCUT2D eigenvalue weighted by Gasteiger charge is 2.22. The van der Waals surface area contributed by atoms with Gasteiger partial charge in [-0.3, -0.25) is 4.55 Å². The largest absolute Gasteiger partial charge is 0.506 e. The van der Waals surface area contributed by atoms with Crippen molar-refractivity contribution in [2.45, 2.75) is 4.90 Å². The summed E-state index contributed by atoms with van der Waals surface area (Å²) in [4.78, 5) is -0.862. The van der Waals surface area contributed by atoms with E-state index < -0.39 is 26.5 Å². The Morgan fingerprint density at radius 1 is 1.23 bits per heavy atom. The van der Waals surface area contributed by atoms with E-state index >= 15 is 0 Å². The highest BCUT2D eigenvalue weighted by Crippen LogP contribution is 2.34. The first kappa shape index (κ1) is 10.5. The topological polar surface area (TPSA) is 94.8 Å². The average molecular weight is 316 g/mol. The maximum Gasteiger partial charge on any atom is 0.301 e. The van der Waals surface area contributed by atoms with E-state index in [4.69, 9.17) is 9.66 Å². The molecular formula is C6H5IO5S. The van der Waals surface area contributed by atoms with Gasteiger partial charge in [-0.2, -0.15) is 8.42 Å². The lowest BCUT2D eigenvalue weighted by Gasteiger charge is -2.04. The summed E-state index contributed by atoms with van der Waals surface area (Å²) in [6, 6.07) is 2.39. The molecule has 1 rings (SSSR count). The SMILES string of the molecule is O=S(=O)(O)c1c(O)ccc(I)c1O. The van der Waals surface area contributed by atoms with Gasteiger partial charge < -0.3 is 10.2 Å². The Labute approximate surface area is 87.9 Å². The maximum absolute atomic E-state index is 10.7. The van der Waals surface area contributed by atoms with Crippen LogP contribution >= 0.6 is 22.6 Å². The Morgan fingerprint density at radius 2 is 1.77 bits per heavy atom. The molecule has 0 saturated carbocycles. The van der Waals surface area contributed by atoms with Gasteiger partial charge in [-0.25, -0.2) is 0 Å². The Balaban J connectivity index is 3.62. The summed E-state index contributed by atoms with van der Waals surface area (Å²) in [5, 5.41) is 18.3. The molecular weight excluding hydrogens is 311 g/mol. The van der Waals surface area contributed by atoms with Crippen LogP contribution in [0.3, 0.4) is 0 Å². The molecule has 7 heteroatoms. The van der Waals surface area contributed by atoms with Crippen molar-refractivity contribution < 1.29 is 23.2 Å². The van der Waals surface area contributed by atoms with Crippen LogP contribution in [0.2, 0.25) is 0 Å². The van der Waals surface area contributed by atoms with Crippen molar-refractivity contribution in [2.24, 2.45) is 0 Å². The Morgan fingerprint density at radius 3 is 2.15 bits per heavy atom. The van der Waals surface area contributed by atoms with Crippen LogP contribution in [0, 0.1) is 3.57 Å². The van der Waals surface area contributed by atoms with Gasteiger partial charge in [0.15, 0.2) is 10.6 Å². The third-order valence-corrected chi connectivity index (χ3v) is 3.11. The molecule has 0 bridgehead atoms. The minimum atomic E-state index is -4.59. The molecule has 0 spiro atoms. The second-order valence-electron chi connectivity index (χ2n) is 2.22. The summed E-state index contributed by atoms with van der Waals surface area (Å²) in [6.45, 7) is 0. The number of rotatable bonds is 1. The second-order valence-corrected chi connectivity index (χ2v) is 4.74. The van der Waals surface area contributed by atoms with Crippen molar-refractivity contribution in [3.05, 3.63) is 15.7 Å². The van der Waals surface area contributed by atoms with Gasteiger partial charge in [0.1, 0.15) is 5.75 Å². The van der Waals surface area contributed by atoms with Gasteiger partial charge in [-0.05, 0) is 34.7 Å². The van der Waals surface area contributed by atoms with E-state index in [0.717, 1.165) is 6.07 Å². The minimum absolute atomic E-state index is 0.225. The van der Waals surface area contributed by atoms with E-state index in [1.54, 1.807) is 22.6 Å². The van der Waals surface area contributed by atoms with Crippen LogP contribution in [0.5, 0.6) is 11.5 Å². The summed E-state index contributed by atoms with van der Waals surface area (Å²) in [6.07, 6.45) is 0. The normalized spacial score (nSPS) is 11.5. The smallest absolute Gasteiger partial charge is 0.301 e. The lowest BCUT2D eigenvalue weighted by atomic mass is 10.3. The van der Waals surface area contributed by atoms with Crippen molar-refractivity contribution in [3.63, 3.8) is 0 Å². The van der Waals surface area contributed by atoms with Crippen LogP contribution in [-0.4, -0.2) is 23.2 Å². The van der Waals surface area contributed by atoms with Gasteiger partial charge in [0.05, 0.1) is 3.57 Å². The first-order chi connectivity index (χ1) is 5.84. The fourth-order valence-corrected chi connectivity index (χ4v) is 2.11. The Kier molecular flexibility index (Phi) is 2.68. The zero-order valence-electron chi connectivity index (χ0n) is 6.10. The lowest BCUT2D eigenvalue weighted by molar-refractivity contribution is 0.408. The average Bonchev–Trinajstić information content (AvgIpc) is 1.95. The van der Waals surface area contributed by atoms with Crippen molar-refractivity contribution in [3.8, 4) is 11.5 Å². The predicted octanol–water partition coefficient (Wildman–Crippen LogP) is 0.949. The molecule has 1 aromatic rings. The van der Waals surface area contributed by atoms with Crippen molar-refractivity contribution in [2.75, 3.05) is 0 Å². The van der Waals surface area contributed by atoms with Crippen molar-refractivity contribution in [1.82, 2.24) is 0 Å². The van der Waals surface area contributed by atoms with Gasteiger partial charge >= 0.3 is 10.1 Å². The molecule has 1 aromatic carbocycles. The van der Waals surface area contributed by atoms with E-state index in [2.05, 4.69) is 0 Å².